The molecular weight excluding hydrogens is 368 g/mol. The van der Waals surface area contributed by atoms with Crippen LogP contribution in [-0.4, -0.2) is 49.6 Å². The molecule has 2 aliphatic rings. The summed E-state index contributed by atoms with van der Waals surface area (Å²) in [6.07, 6.45) is 2.34. The molecule has 3 aromatic rings. The van der Waals surface area contributed by atoms with Crippen molar-refractivity contribution in [3.63, 3.8) is 0 Å². The molecular formula is C21H20N6O2. The first-order valence-corrected chi connectivity index (χ1v) is 9.68. The van der Waals surface area contributed by atoms with E-state index in [-0.39, 0.29) is 17.7 Å². The first kappa shape index (κ1) is 17.5. The Hall–Kier alpha value is -3.55. The molecule has 146 valence electrons. The maximum absolute atomic E-state index is 12.7. The van der Waals surface area contributed by atoms with Gasteiger partial charge in [0.15, 0.2) is 0 Å². The van der Waals surface area contributed by atoms with Crippen molar-refractivity contribution in [3.05, 3.63) is 72.1 Å². The van der Waals surface area contributed by atoms with Crippen LogP contribution in [0.5, 0.6) is 0 Å². The van der Waals surface area contributed by atoms with E-state index in [4.69, 9.17) is 0 Å². The van der Waals surface area contributed by atoms with Crippen molar-refractivity contribution >= 4 is 17.5 Å². The zero-order chi connectivity index (χ0) is 19.8. The smallest absolute Gasteiger partial charge is 0.293 e. The Kier molecular flexibility index (Phi) is 4.31. The van der Waals surface area contributed by atoms with E-state index in [2.05, 4.69) is 20.5 Å². The van der Waals surface area contributed by atoms with Crippen LogP contribution in [0.3, 0.4) is 0 Å². The van der Waals surface area contributed by atoms with Crippen molar-refractivity contribution in [2.45, 2.75) is 13.0 Å². The largest absolute Gasteiger partial charge is 0.337 e. The number of hydrogen-bond acceptors (Lipinski definition) is 5. The van der Waals surface area contributed by atoms with Crippen molar-refractivity contribution in [2.75, 3.05) is 18.4 Å². The van der Waals surface area contributed by atoms with Crippen molar-refractivity contribution in [3.8, 4) is 0 Å². The van der Waals surface area contributed by atoms with Crippen molar-refractivity contribution < 1.29 is 9.59 Å². The summed E-state index contributed by atoms with van der Waals surface area (Å²) in [5.74, 6) is 1.40. The third kappa shape index (κ3) is 3.26. The molecule has 1 aromatic carbocycles. The molecule has 2 aromatic heterocycles. The number of amides is 2. The SMILES string of the molecule is O=C(Nc1ccccc1)c1nnc2n1C[C@H]1CN(C(=O)c3ccccn3)C[C@H]1C2. The molecule has 0 unspecified atom stereocenters. The predicted molar refractivity (Wildman–Crippen MR) is 105 cm³/mol. The maximum atomic E-state index is 12.7. The highest BCUT2D eigenvalue weighted by atomic mass is 16.2. The maximum Gasteiger partial charge on any atom is 0.293 e. The fourth-order valence-corrected chi connectivity index (χ4v) is 4.22. The highest BCUT2D eigenvalue weighted by Crippen LogP contribution is 2.33. The molecule has 0 bridgehead atoms. The molecule has 1 saturated heterocycles. The van der Waals surface area contributed by atoms with E-state index < -0.39 is 0 Å². The van der Waals surface area contributed by atoms with Gasteiger partial charge in [-0.05, 0) is 36.1 Å². The van der Waals surface area contributed by atoms with Gasteiger partial charge in [0, 0.05) is 37.9 Å². The summed E-state index contributed by atoms with van der Waals surface area (Å²) < 4.78 is 1.90. The average Bonchev–Trinajstić information content (AvgIpc) is 3.36. The number of rotatable bonds is 3. The van der Waals surface area contributed by atoms with Gasteiger partial charge in [-0.25, -0.2) is 0 Å². The summed E-state index contributed by atoms with van der Waals surface area (Å²) in [6.45, 7) is 1.96. The molecule has 1 N–H and O–H groups in total. The van der Waals surface area contributed by atoms with E-state index >= 15 is 0 Å². The van der Waals surface area contributed by atoms with E-state index in [1.165, 1.54) is 0 Å². The van der Waals surface area contributed by atoms with Crippen LogP contribution in [0, 0.1) is 11.8 Å². The molecule has 2 amide bonds. The number of likely N-dealkylation sites (tertiary alicyclic amines) is 1. The first-order chi connectivity index (χ1) is 14.2. The normalized spacial score (nSPS) is 20.1. The van der Waals surface area contributed by atoms with Gasteiger partial charge >= 0.3 is 0 Å². The van der Waals surface area contributed by atoms with E-state index in [1.807, 2.05) is 45.9 Å². The number of benzene rings is 1. The third-order valence-corrected chi connectivity index (χ3v) is 5.67. The molecule has 0 saturated carbocycles. The molecule has 2 atom stereocenters. The Bertz CT molecular complexity index is 1050. The summed E-state index contributed by atoms with van der Waals surface area (Å²) in [4.78, 5) is 31.5. The lowest BCUT2D eigenvalue weighted by atomic mass is 9.89. The number of nitrogens with one attached hydrogen (secondary N) is 1. The number of para-hydroxylation sites is 1. The van der Waals surface area contributed by atoms with Gasteiger partial charge in [-0.1, -0.05) is 24.3 Å². The minimum absolute atomic E-state index is 0.0437. The Morgan fingerprint density at radius 2 is 1.72 bits per heavy atom. The fraction of sp³-hybridized carbons (Fsp3) is 0.286. The van der Waals surface area contributed by atoms with Gasteiger partial charge in [-0.15, -0.1) is 10.2 Å². The fourth-order valence-electron chi connectivity index (χ4n) is 4.22. The Morgan fingerprint density at radius 3 is 2.52 bits per heavy atom. The highest BCUT2D eigenvalue weighted by Gasteiger charge is 2.41. The average molecular weight is 388 g/mol. The van der Waals surface area contributed by atoms with E-state index in [9.17, 15) is 9.59 Å². The van der Waals surface area contributed by atoms with Crippen molar-refractivity contribution in [2.24, 2.45) is 11.8 Å². The molecule has 1 fully saturated rings. The van der Waals surface area contributed by atoms with E-state index in [0.29, 0.717) is 43.5 Å². The standard InChI is InChI=1S/C21H20N6O2/c28-20(23-16-6-2-1-3-7-16)19-25-24-18-10-14-11-26(12-15(14)13-27(18)19)21(29)17-8-4-5-9-22-17/h1-9,14-15H,10-13H2,(H,23,28)/t14-,15-/m1/s1. The number of hydrogen-bond donors (Lipinski definition) is 1. The molecule has 5 rings (SSSR count). The number of nitrogens with zero attached hydrogens (tertiary/aromatic N) is 5. The summed E-state index contributed by atoms with van der Waals surface area (Å²) in [6, 6.07) is 14.7. The lowest BCUT2D eigenvalue weighted by Gasteiger charge is -2.25. The van der Waals surface area contributed by atoms with Gasteiger partial charge in [-0.3, -0.25) is 14.6 Å². The molecule has 0 spiro atoms. The van der Waals surface area contributed by atoms with E-state index in [1.54, 1.807) is 18.3 Å². The molecule has 29 heavy (non-hydrogen) atoms. The Balaban J connectivity index is 1.31. The number of carbonyl (C=O) groups is 2. The minimum atomic E-state index is -0.271. The van der Waals surface area contributed by atoms with Crippen LogP contribution in [0.25, 0.3) is 0 Å². The molecule has 8 heteroatoms. The van der Waals surface area contributed by atoms with Crippen LogP contribution in [0.15, 0.2) is 54.7 Å². The molecule has 0 aliphatic carbocycles. The second kappa shape index (κ2) is 7.12. The van der Waals surface area contributed by atoms with Crippen LogP contribution < -0.4 is 5.32 Å². The monoisotopic (exact) mass is 388 g/mol. The lowest BCUT2D eigenvalue weighted by molar-refractivity contribution is 0.0777. The van der Waals surface area contributed by atoms with Gasteiger partial charge in [0.2, 0.25) is 5.82 Å². The zero-order valence-corrected chi connectivity index (χ0v) is 15.7. The highest BCUT2D eigenvalue weighted by molar-refractivity contribution is 6.01. The minimum Gasteiger partial charge on any atom is -0.337 e. The van der Waals surface area contributed by atoms with E-state index in [0.717, 1.165) is 11.5 Å². The topological polar surface area (TPSA) is 93.0 Å². The van der Waals surface area contributed by atoms with Crippen molar-refractivity contribution in [1.29, 1.82) is 0 Å². The number of anilines is 1. The van der Waals surface area contributed by atoms with Gasteiger partial charge in [-0.2, -0.15) is 0 Å². The van der Waals surface area contributed by atoms with Gasteiger partial charge < -0.3 is 14.8 Å². The second-order valence-electron chi connectivity index (χ2n) is 7.52. The quantitative estimate of drug-likeness (QED) is 0.739. The van der Waals surface area contributed by atoms with Crippen molar-refractivity contribution in [1.82, 2.24) is 24.6 Å². The van der Waals surface area contributed by atoms with Crippen LogP contribution in [-0.2, 0) is 13.0 Å². The molecule has 8 nitrogen and oxygen atoms in total. The number of fused-ring (bicyclic) bond motifs is 2. The summed E-state index contributed by atoms with van der Waals surface area (Å²) >= 11 is 0. The number of carbonyl (C=O) groups excluding carboxylic acids is 2. The first-order valence-electron chi connectivity index (χ1n) is 9.68. The summed E-state index contributed by atoms with van der Waals surface area (Å²) in [5, 5.41) is 11.2. The second-order valence-corrected chi connectivity index (χ2v) is 7.52. The Labute approximate surface area is 167 Å². The van der Waals surface area contributed by atoms with Gasteiger partial charge in [0.05, 0.1) is 0 Å². The van der Waals surface area contributed by atoms with Crippen LogP contribution in [0.4, 0.5) is 5.69 Å². The van der Waals surface area contributed by atoms with Gasteiger partial charge in [0.25, 0.3) is 11.8 Å². The van der Waals surface area contributed by atoms with Crippen LogP contribution >= 0.6 is 0 Å². The predicted octanol–water partition coefficient (Wildman–Crippen LogP) is 1.87. The number of aromatic nitrogens is 4. The van der Waals surface area contributed by atoms with Gasteiger partial charge in [0.1, 0.15) is 11.5 Å². The molecule has 2 aliphatic heterocycles. The van der Waals surface area contributed by atoms with Crippen LogP contribution in [0.2, 0.25) is 0 Å². The molecule has 4 heterocycles. The number of pyridine rings is 1. The lowest BCUT2D eigenvalue weighted by Crippen LogP contribution is -2.31. The van der Waals surface area contributed by atoms with Crippen LogP contribution in [0.1, 0.15) is 26.9 Å². The zero-order valence-electron chi connectivity index (χ0n) is 15.7. The Morgan fingerprint density at radius 1 is 0.931 bits per heavy atom. The summed E-state index contributed by atoms with van der Waals surface area (Å²) in [5.41, 5.74) is 1.19. The third-order valence-electron chi connectivity index (χ3n) is 5.67. The summed E-state index contributed by atoms with van der Waals surface area (Å²) in [7, 11) is 0. The molecule has 0 radical (unpaired) electrons.